The molecule has 1 aromatic heterocycles. The number of hydrogen-bond donors (Lipinski definition) is 1. The Hall–Kier alpha value is -2.02. The van der Waals surface area contributed by atoms with E-state index in [0.717, 1.165) is 17.8 Å². The highest BCUT2D eigenvalue weighted by molar-refractivity contribution is 7.09. The predicted octanol–water partition coefficient (Wildman–Crippen LogP) is 2.64. The first-order valence-corrected chi connectivity index (χ1v) is 10.8. The van der Waals surface area contributed by atoms with Gasteiger partial charge in [0, 0.05) is 18.8 Å². The van der Waals surface area contributed by atoms with E-state index in [0.29, 0.717) is 18.8 Å². The van der Waals surface area contributed by atoms with E-state index in [1.807, 2.05) is 4.90 Å². The lowest BCUT2D eigenvalue weighted by Gasteiger charge is -2.32. The quantitative estimate of drug-likeness (QED) is 0.561. The third-order valence-electron chi connectivity index (χ3n) is 6.59. The van der Waals surface area contributed by atoms with Gasteiger partial charge in [-0.15, -0.1) is 11.3 Å². The first-order chi connectivity index (χ1) is 13.2. The summed E-state index contributed by atoms with van der Waals surface area (Å²) < 4.78 is 0. The van der Waals surface area contributed by atoms with E-state index < -0.39 is 5.92 Å². The number of thiazole rings is 1. The third-order valence-corrected chi connectivity index (χ3v) is 7.42. The molecule has 150 valence electrons. The summed E-state index contributed by atoms with van der Waals surface area (Å²) in [6.45, 7) is 6.58. The van der Waals surface area contributed by atoms with Gasteiger partial charge < -0.3 is 10.6 Å². The number of aromatic nitrogens is 1. The van der Waals surface area contributed by atoms with Crippen molar-refractivity contribution in [3.63, 3.8) is 0 Å². The largest absolute Gasteiger partial charge is 0.369 e. The van der Waals surface area contributed by atoms with Crippen molar-refractivity contribution in [3.8, 4) is 0 Å². The third kappa shape index (κ3) is 3.00. The van der Waals surface area contributed by atoms with E-state index in [9.17, 15) is 14.4 Å². The van der Waals surface area contributed by atoms with Crippen LogP contribution in [0.1, 0.15) is 49.1 Å². The molecule has 4 atom stereocenters. The number of hydrogen-bond acceptors (Lipinski definition) is 5. The number of nitrogens with two attached hydrogens (primary N) is 1. The molecular weight excluding hydrogens is 374 g/mol. The molecule has 2 bridgehead atoms. The highest BCUT2D eigenvalue weighted by Gasteiger charge is 2.69. The van der Waals surface area contributed by atoms with Gasteiger partial charge in [-0.1, -0.05) is 26.0 Å². The summed E-state index contributed by atoms with van der Waals surface area (Å²) >= 11 is 1.40. The highest BCUT2D eigenvalue weighted by atomic mass is 32.1. The molecule has 0 aromatic carbocycles. The summed E-state index contributed by atoms with van der Waals surface area (Å²) in [4.78, 5) is 43.7. The van der Waals surface area contributed by atoms with Crippen LogP contribution in [0.3, 0.4) is 0 Å². The van der Waals surface area contributed by atoms with Gasteiger partial charge in [-0.2, -0.15) is 0 Å². The van der Waals surface area contributed by atoms with Crippen LogP contribution in [0.5, 0.6) is 0 Å². The van der Waals surface area contributed by atoms with E-state index in [4.69, 9.17) is 5.73 Å². The van der Waals surface area contributed by atoms with Crippen molar-refractivity contribution in [3.05, 3.63) is 28.2 Å². The fourth-order valence-electron chi connectivity index (χ4n) is 5.31. The van der Waals surface area contributed by atoms with Crippen LogP contribution in [-0.2, 0) is 16.1 Å². The normalized spacial score (nSPS) is 28.9. The van der Waals surface area contributed by atoms with Crippen LogP contribution in [0.25, 0.3) is 0 Å². The molecule has 4 rings (SSSR count). The second-order valence-corrected chi connectivity index (χ2v) is 9.86. The lowest BCUT2D eigenvalue weighted by Crippen LogP contribution is -2.45. The standard InChI is InChI=1S/C21H27N3O3S/c1-11(2)8-24(9-16-23-15(10-28-16)12(3)25)20(27)18-14-5-4-13(17(18)19(22)26)21(14)6-7-21/h4-5,10-11,13-14,17-18H,6-9H2,1-3H3,(H2,22,26)/t13-,14+,17-,18-/m1/s1. The first kappa shape index (κ1) is 19.3. The van der Waals surface area contributed by atoms with Gasteiger partial charge in [0.25, 0.3) is 0 Å². The lowest BCUT2D eigenvalue weighted by atomic mass is 9.81. The van der Waals surface area contributed by atoms with Crippen LogP contribution >= 0.6 is 11.3 Å². The molecule has 1 heterocycles. The van der Waals surface area contributed by atoms with Crippen molar-refractivity contribution in [1.82, 2.24) is 9.88 Å². The van der Waals surface area contributed by atoms with Gasteiger partial charge in [-0.25, -0.2) is 4.98 Å². The number of carbonyl (C=O) groups excluding carboxylic acids is 3. The number of rotatable bonds is 7. The molecule has 28 heavy (non-hydrogen) atoms. The van der Waals surface area contributed by atoms with Crippen molar-refractivity contribution < 1.29 is 14.4 Å². The lowest BCUT2D eigenvalue weighted by molar-refractivity contribution is -0.142. The number of primary amides is 1. The van der Waals surface area contributed by atoms with Crippen LogP contribution < -0.4 is 5.73 Å². The maximum absolute atomic E-state index is 13.6. The number of allylic oxidation sites excluding steroid dienone is 2. The van der Waals surface area contributed by atoms with Gasteiger partial charge in [0.15, 0.2) is 5.78 Å². The molecule has 2 fully saturated rings. The summed E-state index contributed by atoms with van der Waals surface area (Å²) in [6, 6.07) is 0. The SMILES string of the molecule is CC(=O)c1csc(CN(CC(C)C)C(=O)[C@H]2[C@H](C(N)=O)[C@H]3C=C[C@@H]2C32CC2)n1. The number of nitrogens with zero attached hydrogens (tertiary/aromatic N) is 2. The van der Waals surface area contributed by atoms with Crippen LogP contribution in [0.2, 0.25) is 0 Å². The fourth-order valence-corrected chi connectivity index (χ4v) is 6.16. The minimum atomic E-state index is -0.413. The van der Waals surface area contributed by atoms with Gasteiger partial charge in [-0.05, 0) is 36.0 Å². The highest BCUT2D eigenvalue weighted by Crippen LogP contribution is 2.72. The van der Waals surface area contributed by atoms with Crippen LogP contribution in [-0.4, -0.2) is 34.0 Å². The average Bonchev–Trinajstić information content (AvgIpc) is 3.03. The van der Waals surface area contributed by atoms with E-state index in [-0.39, 0.29) is 46.7 Å². The Labute approximate surface area is 169 Å². The second-order valence-electron chi connectivity index (χ2n) is 8.92. The van der Waals surface area contributed by atoms with Crippen molar-refractivity contribution >= 4 is 28.9 Å². The van der Waals surface area contributed by atoms with E-state index in [2.05, 4.69) is 31.0 Å². The van der Waals surface area contributed by atoms with Crippen molar-refractivity contribution in [2.75, 3.05) is 6.54 Å². The van der Waals surface area contributed by atoms with Gasteiger partial charge >= 0.3 is 0 Å². The Morgan fingerprint density at radius 1 is 1.25 bits per heavy atom. The van der Waals surface area contributed by atoms with E-state index in [1.54, 1.807) is 5.38 Å². The first-order valence-electron chi connectivity index (χ1n) is 9.96. The molecule has 3 aliphatic rings. The van der Waals surface area contributed by atoms with Crippen LogP contribution in [0.4, 0.5) is 0 Å². The summed E-state index contributed by atoms with van der Waals surface area (Å²) in [7, 11) is 0. The van der Waals surface area contributed by atoms with Crippen molar-refractivity contribution in [2.45, 2.75) is 40.2 Å². The number of Topliss-reactive ketones (excluding diaryl/α,β-unsaturated/α-hetero) is 1. The number of amides is 2. The zero-order valence-electron chi connectivity index (χ0n) is 16.6. The number of ketones is 1. The summed E-state index contributed by atoms with van der Waals surface area (Å²) in [6.07, 6.45) is 6.40. The second kappa shape index (κ2) is 6.79. The van der Waals surface area contributed by atoms with E-state index >= 15 is 0 Å². The minimum Gasteiger partial charge on any atom is -0.369 e. The molecule has 0 unspecified atom stereocenters. The van der Waals surface area contributed by atoms with Crippen molar-refractivity contribution in [1.29, 1.82) is 0 Å². The zero-order valence-corrected chi connectivity index (χ0v) is 17.4. The summed E-state index contributed by atoms with van der Waals surface area (Å²) in [5.41, 5.74) is 6.29. The molecule has 0 aliphatic heterocycles. The Bertz CT molecular complexity index is 855. The molecule has 1 spiro atoms. The smallest absolute Gasteiger partial charge is 0.227 e. The number of carbonyl (C=O) groups is 3. The summed E-state index contributed by atoms with van der Waals surface area (Å²) in [5, 5.41) is 2.48. The van der Waals surface area contributed by atoms with Crippen LogP contribution in [0, 0.1) is 35.0 Å². The van der Waals surface area contributed by atoms with Crippen molar-refractivity contribution in [2.24, 2.45) is 40.7 Å². The molecule has 2 saturated carbocycles. The molecule has 1 aromatic rings. The topological polar surface area (TPSA) is 93.4 Å². The molecule has 6 nitrogen and oxygen atoms in total. The van der Waals surface area contributed by atoms with Gasteiger partial charge in [0.1, 0.15) is 10.7 Å². The Balaban J connectivity index is 1.60. The minimum absolute atomic E-state index is 0.000185. The molecule has 7 heteroatoms. The van der Waals surface area contributed by atoms with Gasteiger partial charge in [0.05, 0.1) is 18.4 Å². The molecule has 0 saturated heterocycles. The Morgan fingerprint density at radius 3 is 2.39 bits per heavy atom. The molecule has 2 amide bonds. The molecule has 3 aliphatic carbocycles. The molecule has 0 radical (unpaired) electrons. The van der Waals surface area contributed by atoms with Crippen LogP contribution in [0.15, 0.2) is 17.5 Å². The Kier molecular flexibility index (Phi) is 4.68. The van der Waals surface area contributed by atoms with E-state index in [1.165, 1.54) is 18.3 Å². The monoisotopic (exact) mass is 401 g/mol. The molecule has 2 N–H and O–H groups in total. The molecular formula is C21H27N3O3S. The van der Waals surface area contributed by atoms with Gasteiger partial charge in [-0.3, -0.25) is 14.4 Å². The Morgan fingerprint density at radius 2 is 1.89 bits per heavy atom. The predicted molar refractivity (Wildman–Crippen MR) is 106 cm³/mol. The average molecular weight is 402 g/mol. The maximum atomic E-state index is 13.6. The van der Waals surface area contributed by atoms with Gasteiger partial charge in [0.2, 0.25) is 11.8 Å². The summed E-state index contributed by atoms with van der Waals surface area (Å²) in [5.74, 6) is -0.724. The maximum Gasteiger partial charge on any atom is 0.227 e. The zero-order chi connectivity index (χ0) is 20.2. The fraction of sp³-hybridized carbons (Fsp3) is 0.619.